The van der Waals surface area contributed by atoms with Gasteiger partial charge < -0.3 is 10.1 Å². The van der Waals surface area contributed by atoms with E-state index in [-0.39, 0.29) is 0 Å². The zero-order valence-corrected chi connectivity index (χ0v) is 13.0. The molecule has 0 aliphatic heterocycles. The number of rotatable bonds is 5. The molecule has 0 heterocycles. The molecule has 3 unspecified atom stereocenters. The first-order valence-corrected chi connectivity index (χ1v) is 8.46. The fraction of sp³-hybridized carbons (Fsp3) is 0.625. The molecule has 3 atom stereocenters. The number of hydrogen-bond donors (Lipinski definition) is 1. The molecule has 1 saturated carbocycles. The maximum Gasteiger partial charge on any atom is 0.118 e. The average Bonchev–Trinajstić information content (AvgIpc) is 2.48. The lowest BCUT2D eigenvalue weighted by Gasteiger charge is -2.33. The van der Waals surface area contributed by atoms with Crippen molar-refractivity contribution < 1.29 is 4.74 Å². The smallest absolute Gasteiger partial charge is 0.118 e. The fourth-order valence-corrected chi connectivity index (χ4v) is 3.83. The second-order valence-electron chi connectivity index (χ2n) is 5.33. The summed E-state index contributed by atoms with van der Waals surface area (Å²) in [6, 6.07) is 9.46. The summed E-state index contributed by atoms with van der Waals surface area (Å²) in [5, 5.41) is 4.58. The van der Waals surface area contributed by atoms with Gasteiger partial charge in [-0.2, -0.15) is 11.8 Å². The fourth-order valence-electron chi connectivity index (χ4n) is 2.88. The van der Waals surface area contributed by atoms with Gasteiger partial charge in [-0.05, 0) is 43.7 Å². The van der Waals surface area contributed by atoms with Crippen LogP contribution in [-0.4, -0.2) is 24.7 Å². The summed E-state index contributed by atoms with van der Waals surface area (Å²) in [4.78, 5) is 0. The summed E-state index contributed by atoms with van der Waals surface area (Å²) in [7, 11) is 1.71. The Morgan fingerprint density at radius 1 is 1.21 bits per heavy atom. The molecule has 0 radical (unpaired) electrons. The van der Waals surface area contributed by atoms with Crippen LogP contribution in [-0.2, 0) is 0 Å². The molecule has 0 spiro atoms. The summed E-state index contributed by atoms with van der Waals surface area (Å²) in [5.41, 5.74) is 1.34. The van der Waals surface area contributed by atoms with E-state index in [1.54, 1.807) is 7.11 Å². The Balaban J connectivity index is 1.96. The van der Waals surface area contributed by atoms with E-state index in [1.165, 1.54) is 31.2 Å². The summed E-state index contributed by atoms with van der Waals surface area (Å²) in [6.45, 7) is 2.26. The van der Waals surface area contributed by atoms with Gasteiger partial charge in [0.05, 0.1) is 7.11 Å². The highest BCUT2D eigenvalue weighted by Crippen LogP contribution is 2.29. The second kappa shape index (κ2) is 7.20. The molecule has 1 fully saturated rings. The molecule has 0 amide bonds. The molecule has 1 aliphatic rings. The highest BCUT2D eigenvalue weighted by atomic mass is 32.2. The van der Waals surface area contributed by atoms with E-state index in [2.05, 4.69) is 30.6 Å². The van der Waals surface area contributed by atoms with E-state index < -0.39 is 0 Å². The first-order valence-electron chi connectivity index (χ1n) is 7.17. The molecule has 2 rings (SSSR count). The molecular weight excluding hydrogens is 254 g/mol. The van der Waals surface area contributed by atoms with Crippen molar-refractivity contribution >= 4 is 11.8 Å². The zero-order chi connectivity index (χ0) is 13.7. The standard InChI is InChI=1S/C16H25NOS/c1-12(13-8-10-14(18-2)11-9-13)17-15-6-4-5-7-16(15)19-3/h8-12,15-17H,4-7H2,1-3H3. The van der Waals surface area contributed by atoms with Crippen LogP contribution in [0.5, 0.6) is 5.75 Å². The van der Waals surface area contributed by atoms with E-state index in [9.17, 15) is 0 Å². The Morgan fingerprint density at radius 3 is 2.53 bits per heavy atom. The Labute approximate surface area is 121 Å². The molecule has 106 valence electrons. The molecule has 1 N–H and O–H groups in total. The molecule has 19 heavy (non-hydrogen) atoms. The van der Waals surface area contributed by atoms with E-state index in [4.69, 9.17) is 4.74 Å². The Bertz CT molecular complexity index is 379. The molecule has 0 aromatic heterocycles. The van der Waals surface area contributed by atoms with Gasteiger partial charge in [0.1, 0.15) is 5.75 Å². The van der Waals surface area contributed by atoms with E-state index in [0.29, 0.717) is 12.1 Å². The summed E-state index contributed by atoms with van der Waals surface area (Å²) < 4.78 is 5.21. The minimum absolute atomic E-state index is 0.406. The number of thioether (sulfide) groups is 1. The van der Waals surface area contributed by atoms with Gasteiger partial charge in [0.25, 0.3) is 0 Å². The summed E-state index contributed by atoms with van der Waals surface area (Å²) in [5.74, 6) is 0.926. The zero-order valence-electron chi connectivity index (χ0n) is 12.2. The molecule has 1 aromatic rings. The molecule has 1 aliphatic carbocycles. The van der Waals surface area contributed by atoms with Crippen LogP contribution in [0, 0.1) is 0 Å². The lowest BCUT2D eigenvalue weighted by molar-refractivity contribution is 0.356. The monoisotopic (exact) mass is 279 g/mol. The lowest BCUT2D eigenvalue weighted by Crippen LogP contribution is -2.41. The number of nitrogens with one attached hydrogen (secondary N) is 1. The largest absolute Gasteiger partial charge is 0.497 e. The van der Waals surface area contributed by atoms with Crippen LogP contribution in [0.2, 0.25) is 0 Å². The number of methoxy groups -OCH3 is 1. The number of benzene rings is 1. The van der Waals surface area contributed by atoms with Crippen molar-refractivity contribution in [2.45, 2.75) is 49.9 Å². The Hall–Kier alpha value is -0.670. The van der Waals surface area contributed by atoms with Gasteiger partial charge in [0, 0.05) is 17.3 Å². The van der Waals surface area contributed by atoms with Crippen LogP contribution >= 0.6 is 11.8 Å². The average molecular weight is 279 g/mol. The molecule has 1 aromatic carbocycles. The second-order valence-corrected chi connectivity index (χ2v) is 6.40. The molecule has 0 saturated heterocycles. The van der Waals surface area contributed by atoms with Gasteiger partial charge in [0.2, 0.25) is 0 Å². The Morgan fingerprint density at radius 2 is 1.89 bits per heavy atom. The molecule has 2 nitrogen and oxygen atoms in total. The highest BCUT2D eigenvalue weighted by molar-refractivity contribution is 7.99. The van der Waals surface area contributed by atoms with Gasteiger partial charge in [-0.1, -0.05) is 25.0 Å². The Kier molecular flexibility index (Phi) is 5.59. The van der Waals surface area contributed by atoms with Crippen molar-refractivity contribution in [2.75, 3.05) is 13.4 Å². The van der Waals surface area contributed by atoms with Gasteiger partial charge in [-0.3, -0.25) is 0 Å². The first-order chi connectivity index (χ1) is 9.24. The maximum atomic E-state index is 5.21. The van der Waals surface area contributed by atoms with Crippen molar-refractivity contribution in [1.29, 1.82) is 0 Å². The number of hydrogen-bond acceptors (Lipinski definition) is 3. The topological polar surface area (TPSA) is 21.3 Å². The van der Waals surface area contributed by atoms with Gasteiger partial charge in [-0.25, -0.2) is 0 Å². The van der Waals surface area contributed by atoms with Crippen LogP contribution in [0.1, 0.15) is 44.2 Å². The SMILES string of the molecule is COc1ccc(C(C)NC2CCCCC2SC)cc1. The van der Waals surface area contributed by atoms with Gasteiger partial charge in [-0.15, -0.1) is 0 Å². The predicted molar refractivity (Wildman–Crippen MR) is 84.1 cm³/mol. The third-order valence-electron chi connectivity index (χ3n) is 4.09. The quantitative estimate of drug-likeness (QED) is 0.879. The minimum atomic E-state index is 0.406. The molecule has 3 heteroatoms. The minimum Gasteiger partial charge on any atom is -0.497 e. The van der Waals surface area contributed by atoms with Crippen LogP contribution in [0.4, 0.5) is 0 Å². The first kappa shape index (κ1) is 14.7. The lowest BCUT2D eigenvalue weighted by atomic mass is 9.93. The van der Waals surface area contributed by atoms with Crippen LogP contribution in [0.25, 0.3) is 0 Å². The van der Waals surface area contributed by atoms with Crippen LogP contribution in [0.3, 0.4) is 0 Å². The van der Waals surface area contributed by atoms with Crippen molar-refractivity contribution in [3.05, 3.63) is 29.8 Å². The van der Waals surface area contributed by atoms with E-state index >= 15 is 0 Å². The highest BCUT2D eigenvalue weighted by Gasteiger charge is 2.25. The van der Waals surface area contributed by atoms with Crippen molar-refractivity contribution in [1.82, 2.24) is 5.32 Å². The predicted octanol–water partition coefficient (Wildman–Crippen LogP) is 4.02. The van der Waals surface area contributed by atoms with Gasteiger partial charge in [0.15, 0.2) is 0 Å². The molecule has 0 bridgehead atoms. The van der Waals surface area contributed by atoms with E-state index in [0.717, 1.165) is 11.0 Å². The molecular formula is C16H25NOS. The third kappa shape index (κ3) is 3.90. The summed E-state index contributed by atoms with van der Waals surface area (Å²) >= 11 is 2.01. The summed E-state index contributed by atoms with van der Waals surface area (Å²) in [6.07, 6.45) is 7.66. The third-order valence-corrected chi connectivity index (χ3v) is 5.25. The van der Waals surface area contributed by atoms with Crippen LogP contribution in [0.15, 0.2) is 24.3 Å². The number of ether oxygens (including phenoxy) is 1. The maximum absolute atomic E-state index is 5.21. The van der Waals surface area contributed by atoms with Crippen molar-refractivity contribution in [3.63, 3.8) is 0 Å². The van der Waals surface area contributed by atoms with Crippen molar-refractivity contribution in [3.8, 4) is 5.75 Å². The van der Waals surface area contributed by atoms with Crippen molar-refractivity contribution in [2.24, 2.45) is 0 Å². The van der Waals surface area contributed by atoms with Crippen LogP contribution < -0.4 is 10.1 Å². The van der Waals surface area contributed by atoms with E-state index in [1.807, 2.05) is 23.9 Å². The van der Waals surface area contributed by atoms with Gasteiger partial charge >= 0.3 is 0 Å². The normalized spacial score (nSPS) is 25.0.